The lowest BCUT2D eigenvalue weighted by Gasteiger charge is -2.38. The molecule has 2 N–H and O–H groups in total. The number of aliphatic imine (C=N–C) groups is 1. The molecule has 1 aromatic rings. The number of rotatable bonds is 1. The van der Waals surface area contributed by atoms with Gasteiger partial charge < -0.3 is 10.6 Å². The van der Waals surface area contributed by atoms with Crippen LogP contribution in [0.15, 0.2) is 29.3 Å². The highest BCUT2D eigenvalue weighted by molar-refractivity contribution is 6.30. The van der Waals surface area contributed by atoms with E-state index in [1.165, 1.54) is 38.5 Å². The molecule has 0 bridgehead atoms. The monoisotopic (exact) mass is 277 g/mol. The molecule has 1 fully saturated rings. The second-order valence-corrected chi connectivity index (χ2v) is 6.06. The van der Waals surface area contributed by atoms with Gasteiger partial charge in [0.2, 0.25) is 0 Å². The van der Waals surface area contributed by atoms with E-state index in [9.17, 15) is 0 Å². The predicted octanol–water partition coefficient (Wildman–Crippen LogP) is 3.57. The Hall–Kier alpha value is -1.22. The van der Waals surface area contributed by atoms with Crippen molar-refractivity contribution in [3.05, 3.63) is 29.3 Å². The fraction of sp³-hybridized carbons (Fsp3) is 0.533. The first kappa shape index (κ1) is 12.8. The summed E-state index contributed by atoms with van der Waals surface area (Å²) in [7, 11) is 0. The fourth-order valence-electron chi connectivity index (χ4n) is 3.38. The minimum atomic E-state index is 0.106. The Balaban J connectivity index is 1.95. The van der Waals surface area contributed by atoms with Crippen molar-refractivity contribution in [2.45, 2.75) is 44.1 Å². The number of nitrogens with zero attached hydrogens (tertiary/aromatic N) is 2. The topological polar surface area (TPSA) is 41.6 Å². The van der Waals surface area contributed by atoms with E-state index >= 15 is 0 Å². The summed E-state index contributed by atoms with van der Waals surface area (Å²) in [5.74, 6) is 0.657. The predicted molar refractivity (Wildman–Crippen MR) is 80.9 cm³/mol. The van der Waals surface area contributed by atoms with Crippen LogP contribution in [-0.4, -0.2) is 18.0 Å². The van der Waals surface area contributed by atoms with Gasteiger partial charge in [-0.25, -0.2) is 0 Å². The van der Waals surface area contributed by atoms with Crippen LogP contribution < -0.4 is 10.6 Å². The van der Waals surface area contributed by atoms with Crippen molar-refractivity contribution in [3.8, 4) is 0 Å². The highest BCUT2D eigenvalue weighted by Gasteiger charge is 2.42. The lowest BCUT2D eigenvalue weighted by atomic mass is 9.89. The van der Waals surface area contributed by atoms with Crippen LogP contribution in [0.1, 0.15) is 38.5 Å². The van der Waals surface area contributed by atoms with Crippen LogP contribution in [0, 0.1) is 0 Å². The van der Waals surface area contributed by atoms with Gasteiger partial charge in [-0.3, -0.25) is 4.99 Å². The molecular formula is C15H20ClN3. The summed E-state index contributed by atoms with van der Waals surface area (Å²) in [4.78, 5) is 6.77. The van der Waals surface area contributed by atoms with E-state index in [1.54, 1.807) is 0 Å². The van der Waals surface area contributed by atoms with E-state index in [2.05, 4.69) is 9.89 Å². The first-order chi connectivity index (χ1) is 9.21. The molecule has 0 radical (unpaired) electrons. The van der Waals surface area contributed by atoms with Crippen molar-refractivity contribution < 1.29 is 0 Å². The Bertz CT molecular complexity index is 473. The fourth-order valence-corrected chi connectivity index (χ4v) is 3.50. The zero-order valence-electron chi connectivity index (χ0n) is 11.1. The molecule has 1 spiro atoms. The number of halogens is 1. The third-order valence-corrected chi connectivity index (χ3v) is 4.61. The van der Waals surface area contributed by atoms with Gasteiger partial charge in [0, 0.05) is 10.7 Å². The highest BCUT2D eigenvalue weighted by Crippen LogP contribution is 2.39. The SMILES string of the molecule is NC1=NCC2(CCCCCC2)N1c1ccc(Cl)cc1. The largest absolute Gasteiger partial charge is 0.369 e. The van der Waals surface area contributed by atoms with Crippen LogP contribution in [0.25, 0.3) is 0 Å². The number of benzene rings is 1. The molecule has 0 unspecified atom stereocenters. The van der Waals surface area contributed by atoms with E-state index in [4.69, 9.17) is 17.3 Å². The normalized spacial score (nSPS) is 22.4. The second kappa shape index (κ2) is 5.04. The maximum Gasteiger partial charge on any atom is 0.196 e. The summed E-state index contributed by atoms with van der Waals surface area (Å²) < 4.78 is 0. The van der Waals surface area contributed by atoms with E-state index in [-0.39, 0.29) is 5.54 Å². The van der Waals surface area contributed by atoms with Gasteiger partial charge in [0.25, 0.3) is 0 Å². The first-order valence-electron chi connectivity index (χ1n) is 7.07. The van der Waals surface area contributed by atoms with Crippen molar-refractivity contribution in [3.63, 3.8) is 0 Å². The maximum atomic E-state index is 6.15. The van der Waals surface area contributed by atoms with Crippen molar-refractivity contribution in [2.24, 2.45) is 10.7 Å². The molecule has 1 aliphatic heterocycles. The van der Waals surface area contributed by atoms with Gasteiger partial charge in [0.05, 0.1) is 12.1 Å². The molecule has 1 aliphatic carbocycles. The van der Waals surface area contributed by atoms with Crippen molar-refractivity contribution in [2.75, 3.05) is 11.4 Å². The zero-order valence-corrected chi connectivity index (χ0v) is 11.9. The van der Waals surface area contributed by atoms with Gasteiger partial charge in [0.15, 0.2) is 5.96 Å². The lowest BCUT2D eigenvalue weighted by molar-refractivity contribution is 0.400. The first-order valence-corrected chi connectivity index (χ1v) is 7.45. The van der Waals surface area contributed by atoms with E-state index in [0.29, 0.717) is 5.96 Å². The summed E-state index contributed by atoms with van der Waals surface area (Å²) in [5, 5.41) is 0.758. The van der Waals surface area contributed by atoms with Crippen LogP contribution in [0.4, 0.5) is 5.69 Å². The van der Waals surface area contributed by atoms with Gasteiger partial charge in [-0.15, -0.1) is 0 Å². The third kappa shape index (κ3) is 2.32. The van der Waals surface area contributed by atoms with E-state index in [0.717, 1.165) is 17.3 Å². The highest BCUT2D eigenvalue weighted by atomic mass is 35.5. The van der Waals surface area contributed by atoms with Gasteiger partial charge in [-0.2, -0.15) is 0 Å². The molecule has 19 heavy (non-hydrogen) atoms. The molecule has 1 heterocycles. The Morgan fingerprint density at radius 1 is 1.05 bits per heavy atom. The number of anilines is 1. The molecule has 0 aromatic heterocycles. The molecule has 102 valence electrons. The average Bonchev–Trinajstić information content (AvgIpc) is 2.60. The summed E-state index contributed by atoms with van der Waals surface area (Å²) >= 11 is 5.98. The molecule has 0 atom stereocenters. The Morgan fingerprint density at radius 2 is 1.68 bits per heavy atom. The van der Waals surface area contributed by atoms with Gasteiger partial charge in [-0.05, 0) is 37.1 Å². The van der Waals surface area contributed by atoms with Crippen molar-refractivity contribution in [1.29, 1.82) is 0 Å². The molecule has 1 saturated carbocycles. The molecule has 1 aromatic carbocycles. The van der Waals surface area contributed by atoms with Crippen LogP contribution >= 0.6 is 11.6 Å². The standard InChI is InChI=1S/C15H20ClN3/c16-12-5-7-13(8-6-12)19-14(17)18-11-15(19)9-3-1-2-4-10-15/h5-8H,1-4,9-11H2,(H2,17,18). The average molecular weight is 278 g/mol. The van der Waals surface area contributed by atoms with E-state index < -0.39 is 0 Å². The van der Waals surface area contributed by atoms with Crippen LogP contribution in [0.3, 0.4) is 0 Å². The summed E-state index contributed by atoms with van der Waals surface area (Å²) in [5.41, 5.74) is 7.37. The van der Waals surface area contributed by atoms with Crippen molar-refractivity contribution in [1.82, 2.24) is 0 Å². The van der Waals surface area contributed by atoms with Crippen LogP contribution in [0.5, 0.6) is 0 Å². The quantitative estimate of drug-likeness (QED) is 0.853. The number of nitrogens with two attached hydrogens (primary N) is 1. The van der Waals surface area contributed by atoms with Crippen LogP contribution in [0.2, 0.25) is 5.02 Å². The van der Waals surface area contributed by atoms with Gasteiger partial charge in [-0.1, -0.05) is 37.3 Å². The molecule has 4 heteroatoms. The number of hydrogen-bond donors (Lipinski definition) is 1. The maximum absolute atomic E-state index is 6.15. The lowest BCUT2D eigenvalue weighted by Crippen LogP contribution is -2.51. The number of hydrogen-bond acceptors (Lipinski definition) is 3. The smallest absolute Gasteiger partial charge is 0.196 e. The molecular weight excluding hydrogens is 258 g/mol. The third-order valence-electron chi connectivity index (χ3n) is 4.36. The zero-order chi connectivity index (χ0) is 13.3. The molecule has 3 nitrogen and oxygen atoms in total. The van der Waals surface area contributed by atoms with Crippen molar-refractivity contribution >= 4 is 23.2 Å². The number of guanidine groups is 1. The Morgan fingerprint density at radius 3 is 2.32 bits per heavy atom. The minimum Gasteiger partial charge on any atom is -0.369 e. The van der Waals surface area contributed by atoms with E-state index in [1.807, 2.05) is 24.3 Å². The van der Waals surface area contributed by atoms with Gasteiger partial charge in [0.1, 0.15) is 0 Å². The molecule has 3 rings (SSSR count). The summed E-state index contributed by atoms with van der Waals surface area (Å²) in [6.45, 7) is 0.835. The molecule has 2 aliphatic rings. The molecule has 0 amide bonds. The van der Waals surface area contributed by atoms with Gasteiger partial charge >= 0.3 is 0 Å². The summed E-state index contributed by atoms with van der Waals surface area (Å²) in [6, 6.07) is 7.94. The molecule has 0 saturated heterocycles. The second-order valence-electron chi connectivity index (χ2n) is 5.62. The van der Waals surface area contributed by atoms with Crippen LogP contribution in [-0.2, 0) is 0 Å². The minimum absolute atomic E-state index is 0.106. The Kier molecular flexibility index (Phi) is 3.40. The Labute approximate surface area is 119 Å². The summed E-state index contributed by atoms with van der Waals surface area (Å²) in [6.07, 6.45) is 7.56.